The van der Waals surface area contributed by atoms with Gasteiger partial charge in [0.15, 0.2) is 0 Å². The molecule has 0 bridgehead atoms. The summed E-state index contributed by atoms with van der Waals surface area (Å²) in [6, 6.07) is 11.2. The van der Waals surface area contributed by atoms with E-state index in [-0.39, 0.29) is 68.5 Å². The molecule has 0 aromatic heterocycles. The number of halogens is 3. The van der Waals surface area contributed by atoms with Gasteiger partial charge in [-0.1, -0.05) is 177 Å². The van der Waals surface area contributed by atoms with E-state index in [1.54, 1.807) is 21.5 Å². The van der Waals surface area contributed by atoms with Gasteiger partial charge in [0.2, 0.25) is 0 Å². The van der Waals surface area contributed by atoms with E-state index < -0.39 is 0 Å². The minimum Gasteiger partial charge on any atom is -1.00 e. The largest absolute Gasteiger partial charge is 4.00 e. The molecule has 0 fully saturated rings. The van der Waals surface area contributed by atoms with Gasteiger partial charge >= 0.3 is 21.7 Å². The number of hydrogen-bond acceptors (Lipinski definition) is 0. The second-order valence-corrected chi connectivity index (χ2v) is 12.8. The van der Waals surface area contributed by atoms with E-state index in [1.165, 1.54) is 122 Å². The Kier molecular flexibility index (Phi) is 32.8. The van der Waals surface area contributed by atoms with Gasteiger partial charge in [0.1, 0.15) is 0 Å². The Morgan fingerprint density at radius 2 is 1.08 bits per heavy atom. The first-order chi connectivity index (χ1) is 16.8. The van der Waals surface area contributed by atoms with Crippen molar-refractivity contribution in [1.82, 2.24) is 0 Å². The van der Waals surface area contributed by atoms with Crippen LogP contribution in [0.15, 0.2) is 46.7 Å². The summed E-state index contributed by atoms with van der Waals surface area (Å²) < 4.78 is 0. The molecule has 0 saturated carbocycles. The summed E-state index contributed by atoms with van der Waals surface area (Å²) in [4.78, 5) is 0. The van der Waals surface area contributed by atoms with Crippen molar-refractivity contribution in [2.75, 3.05) is 0 Å². The third-order valence-corrected chi connectivity index (χ3v) is 9.74. The molecule has 1 aliphatic carbocycles. The second-order valence-electron chi connectivity index (χ2n) is 10.9. The predicted octanol–water partition coefficient (Wildman–Crippen LogP) is 0.575. The molecule has 1 aromatic rings. The maximum Gasteiger partial charge on any atom is 4.00 e. The summed E-state index contributed by atoms with van der Waals surface area (Å²) in [5.74, 6) is 0.708. The Morgan fingerprint density at radius 1 is 0.632 bits per heavy atom. The first kappa shape index (κ1) is 43.0. The zero-order valence-electron chi connectivity index (χ0n) is 24.7. The van der Waals surface area contributed by atoms with Crippen LogP contribution in [-0.4, -0.2) is 9.52 Å². The fraction of sp³-hybridized carbons (Fsp3) is 0.697. The monoisotopic (exact) mass is 632 g/mol. The van der Waals surface area contributed by atoms with Gasteiger partial charge in [0.05, 0.1) is 9.52 Å². The maximum atomic E-state index is 3.90. The molecule has 0 spiro atoms. The molecule has 2 rings (SSSR count). The van der Waals surface area contributed by atoms with E-state index in [0.29, 0.717) is 5.92 Å². The van der Waals surface area contributed by atoms with Crippen LogP contribution < -0.4 is 42.4 Å². The summed E-state index contributed by atoms with van der Waals surface area (Å²) in [6.07, 6.45) is 30.9. The van der Waals surface area contributed by atoms with Crippen LogP contribution in [0.25, 0.3) is 0 Å². The zero-order valence-corrected chi connectivity index (χ0v) is 30.0. The molecule has 1 atom stereocenters. The Hall–Kier alpha value is 0.501. The average molecular weight is 634 g/mol. The first-order valence-corrected chi connectivity index (χ1v) is 16.5. The standard InChI is InChI=1S/C33H55Si.3ClH.Ti/c1-4-6-7-8-9-10-11-12-13-14-15-16-17-18-19-23-27-32-29(3)30(24-5-2)28-33(32)34-31-25-21-20-22-26-31;;;;/h20-22,25-26,32H,4-19,23-24,27,34H2,1-3H3;3*1H;/q-1;;;;+4/p-3. The molecule has 0 heterocycles. The van der Waals surface area contributed by atoms with Crippen molar-refractivity contribution in [3.05, 3.63) is 52.8 Å². The van der Waals surface area contributed by atoms with Gasteiger partial charge in [-0.2, -0.15) is 5.20 Å². The van der Waals surface area contributed by atoms with Crippen LogP contribution in [0.1, 0.15) is 143 Å². The van der Waals surface area contributed by atoms with Gasteiger partial charge in [-0.25, -0.2) is 11.1 Å². The van der Waals surface area contributed by atoms with Gasteiger partial charge in [0, 0.05) is 0 Å². The number of benzene rings is 1. The molecule has 0 aliphatic heterocycles. The van der Waals surface area contributed by atoms with Crippen LogP contribution in [0, 0.1) is 12.0 Å². The molecule has 38 heavy (non-hydrogen) atoms. The number of hydrogen-bond donors (Lipinski definition) is 0. The molecular weight excluding hydrogens is 579 g/mol. The number of unbranched alkanes of at least 4 members (excludes halogenated alkanes) is 15. The van der Waals surface area contributed by atoms with E-state index in [1.807, 2.05) is 0 Å². The Bertz CT molecular complexity index is 705. The molecule has 0 amide bonds. The Morgan fingerprint density at radius 3 is 1.53 bits per heavy atom. The van der Waals surface area contributed by atoms with E-state index in [2.05, 4.69) is 57.2 Å². The van der Waals surface area contributed by atoms with E-state index in [9.17, 15) is 0 Å². The van der Waals surface area contributed by atoms with Gasteiger partial charge in [-0.3, -0.25) is 6.08 Å². The van der Waals surface area contributed by atoms with Gasteiger partial charge < -0.3 is 37.2 Å². The Labute approximate surface area is 273 Å². The number of allylic oxidation sites excluding steroid dienone is 4. The summed E-state index contributed by atoms with van der Waals surface area (Å²) >= 11 is 0. The van der Waals surface area contributed by atoms with Crippen LogP contribution in [-0.2, 0) is 21.7 Å². The molecule has 1 aliphatic rings. The molecule has 216 valence electrons. The van der Waals surface area contributed by atoms with Crippen LogP contribution in [0.3, 0.4) is 0 Å². The van der Waals surface area contributed by atoms with E-state index >= 15 is 0 Å². The maximum absolute atomic E-state index is 3.90. The Balaban J connectivity index is -0.00000306. The van der Waals surface area contributed by atoms with Crippen molar-refractivity contribution in [3.8, 4) is 0 Å². The van der Waals surface area contributed by atoms with Gasteiger partial charge in [0.25, 0.3) is 0 Å². The van der Waals surface area contributed by atoms with Crippen LogP contribution in [0.4, 0.5) is 0 Å². The summed E-state index contributed by atoms with van der Waals surface area (Å²) in [7, 11) is -0.366. The van der Waals surface area contributed by atoms with E-state index in [4.69, 9.17) is 0 Å². The van der Waals surface area contributed by atoms with Crippen LogP contribution in [0.5, 0.6) is 0 Å². The minimum absolute atomic E-state index is 0. The first-order valence-electron chi connectivity index (χ1n) is 15.1. The molecule has 0 N–H and O–H groups in total. The second kappa shape index (κ2) is 29.0. The molecule has 1 aromatic carbocycles. The molecule has 0 radical (unpaired) electrons. The van der Waals surface area contributed by atoms with E-state index in [0.717, 1.165) is 0 Å². The normalized spacial score (nSPS) is 14.5. The van der Waals surface area contributed by atoms with Crippen molar-refractivity contribution in [2.24, 2.45) is 5.92 Å². The number of rotatable bonds is 21. The van der Waals surface area contributed by atoms with Crippen LogP contribution >= 0.6 is 0 Å². The van der Waals surface area contributed by atoms with Crippen LogP contribution in [0.2, 0.25) is 0 Å². The van der Waals surface area contributed by atoms with Crippen molar-refractivity contribution in [3.63, 3.8) is 0 Å². The molecular formula is C33H55Cl3SiTi. The third-order valence-electron chi connectivity index (χ3n) is 7.81. The van der Waals surface area contributed by atoms with Crippen molar-refractivity contribution >= 4 is 14.7 Å². The minimum atomic E-state index is -0.366. The zero-order chi connectivity index (χ0) is 24.3. The molecule has 1 unspecified atom stereocenters. The molecule has 5 heteroatoms. The predicted molar refractivity (Wildman–Crippen MR) is 157 cm³/mol. The van der Waals surface area contributed by atoms with Crippen molar-refractivity contribution in [1.29, 1.82) is 0 Å². The summed E-state index contributed by atoms with van der Waals surface area (Å²) in [5, 5.41) is 3.26. The van der Waals surface area contributed by atoms with Gasteiger partial charge in [-0.05, 0) is 0 Å². The smallest absolute Gasteiger partial charge is 1.00 e. The van der Waals surface area contributed by atoms with Crippen molar-refractivity contribution < 1.29 is 58.9 Å². The molecule has 0 nitrogen and oxygen atoms in total. The SMILES string of the molecule is CCCCCCCCCCCCCCCCCCC1C([SiH2]c2ccccc2)=[C-]C(CCC)=C1C.[Cl-].[Cl-].[Cl-].[Ti+4]. The quantitative estimate of drug-likeness (QED) is 0.106. The van der Waals surface area contributed by atoms with Gasteiger partial charge in [-0.15, -0.1) is 6.92 Å². The third kappa shape index (κ3) is 18.8. The summed E-state index contributed by atoms with van der Waals surface area (Å²) in [5.41, 5.74) is 3.20. The molecule has 0 saturated heterocycles. The fourth-order valence-electron chi connectivity index (χ4n) is 5.63. The topological polar surface area (TPSA) is 0 Å². The summed E-state index contributed by atoms with van der Waals surface area (Å²) in [6.45, 7) is 7.01. The van der Waals surface area contributed by atoms with Crippen molar-refractivity contribution in [2.45, 2.75) is 143 Å². The fourth-order valence-corrected chi connectivity index (χ4v) is 7.64. The average Bonchev–Trinajstić information content (AvgIpc) is 3.13.